The highest BCUT2D eigenvalue weighted by atomic mass is 32.2. The number of fused-ring (bicyclic) bond motifs is 1. The molecule has 2 aliphatic rings. The third kappa shape index (κ3) is 3.23. The van der Waals surface area contributed by atoms with Crippen LogP contribution in [0.1, 0.15) is 37.1 Å². The summed E-state index contributed by atoms with van der Waals surface area (Å²) in [5.74, 6) is 0.591. The van der Waals surface area contributed by atoms with Crippen LogP contribution in [-0.4, -0.2) is 38.6 Å². The average Bonchev–Trinajstić information content (AvgIpc) is 3.16. The van der Waals surface area contributed by atoms with Crippen LogP contribution in [0.2, 0.25) is 0 Å². The molecule has 0 saturated carbocycles. The monoisotopic (exact) mass is 355 g/mol. The lowest BCUT2D eigenvalue weighted by atomic mass is 10.0. The number of thioether (sulfide) groups is 1. The number of rotatable bonds is 5. The van der Waals surface area contributed by atoms with Crippen LogP contribution < -0.4 is 0 Å². The normalized spacial score (nSPS) is 17.2. The van der Waals surface area contributed by atoms with E-state index in [4.69, 9.17) is 4.98 Å². The fourth-order valence-corrected chi connectivity index (χ4v) is 4.53. The molecule has 130 valence electrons. The Balaban J connectivity index is 1.56. The number of nitrogens with zero attached hydrogens (tertiary/aromatic N) is 3. The first-order valence-corrected chi connectivity index (χ1v) is 9.84. The number of hydrogen-bond acceptors (Lipinski definition) is 4. The molecule has 0 bridgehead atoms. The van der Waals surface area contributed by atoms with E-state index in [2.05, 4.69) is 16.7 Å². The van der Waals surface area contributed by atoms with E-state index in [0.717, 1.165) is 23.7 Å². The predicted molar refractivity (Wildman–Crippen MR) is 96.9 cm³/mol. The molecule has 2 aromatic rings. The van der Waals surface area contributed by atoms with Gasteiger partial charge >= 0.3 is 0 Å². The van der Waals surface area contributed by atoms with Crippen LogP contribution >= 0.6 is 11.8 Å². The largest absolute Gasteiger partial charge is 0.292 e. The highest BCUT2D eigenvalue weighted by molar-refractivity contribution is 7.99. The van der Waals surface area contributed by atoms with Crippen molar-refractivity contribution in [2.75, 3.05) is 12.3 Å². The zero-order chi connectivity index (χ0) is 17.2. The van der Waals surface area contributed by atoms with E-state index in [9.17, 15) is 9.59 Å². The van der Waals surface area contributed by atoms with Gasteiger partial charge in [0, 0.05) is 36.5 Å². The van der Waals surface area contributed by atoms with Crippen molar-refractivity contribution < 1.29 is 9.59 Å². The number of benzene rings is 1. The minimum Gasteiger partial charge on any atom is -0.292 e. The number of hydrogen-bond donors (Lipinski definition) is 0. The van der Waals surface area contributed by atoms with Gasteiger partial charge in [-0.05, 0) is 37.8 Å². The Labute approximate surface area is 151 Å². The smallest absolute Gasteiger partial charge is 0.229 e. The summed E-state index contributed by atoms with van der Waals surface area (Å²) in [6.07, 6.45) is 5.20. The lowest BCUT2D eigenvalue weighted by Gasteiger charge is -2.16. The molecular formula is C19H21N3O2S. The van der Waals surface area contributed by atoms with E-state index in [1.807, 2.05) is 18.2 Å². The summed E-state index contributed by atoms with van der Waals surface area (Å²) in [5.41, 5.74) is 3.65. The van der Waals surface area contributed by atoms with E-state index in [1.54, 1.807) is 11.8 Å². The fraction of sp³-hybridized carbons (Fsp3) is 0.421. The molecule has 0 unspecified atom stereocenters. The lowest BCUT2D eigenvalue weighted by molar-refractivity contribution is -0.137. The predicted octanol–water partition coefficient (Wildman–Crippen LogP) is 2.99. The van der Waals surface area contributed by atoms with Crippen LogP contribution in [0.25, 0.3) is 5.69 Å². The van der Waals surface area contributed by atoms with Crippen molar-refractivity contribution in [1.29, 1.82) is 0 Å². The summed E-state index contributed by atoms with van der Waals surface area (Å²) in [4.78, 5) is 29.8. The molecule has 5 nitrogen and oxygen atoms in total. The molecule has 1 aliphatic heterocycles. The summed E-state index contributed by atoms with van der Waals surface area (Å²) < 4.78 is 2.26. The highest BCUT2D eigenvalue weighted by Crippen LogP contribution is 2.30. The number of para-hydroxylation sites is 1. The summed E-state index contributed by atoms with van der Waals surface area (Å²) in [6, 6.07) is 10.3. The maximum Gasteiger partial charge on any atom is 0.229 e. The molecule has 1 aromatic carbocycles. The standard InChI is InChI=1S/C19H21N3O2S/c23-17-10-11-18(24)21(17)12-13-25-19-20-15-8-4-5-9-16(15)22(19)14-6-2-1-3-7-14/h1-3,6-7H,4-5,8-13H2. The van der Waals surface area contributed by atoms with Crippen LogP contribution in [0.4, 0.5) is 0 Å². The van der Waals surface area contributed by atoms with Crippen LogP contribution in [0.15, 0.2) is 35.5 Å². The Morgan fingerprint density at radius 1 is 0.960 bits per heavy atom. The molecule has 0 radical (unpaired) electrons. The number of carbonyl (C=O) groups is 2. The van der Waals surface area contributed by atoms with Gasteiger partial charge in [0.1, 0.15) is 0 Å². The number of imide groups is 1. The number of aryl methyl sites for hydroxylation is 1. The van der Waals surface area contributed by atoms with Gasteiger partial charge < -0.3 is 0 Å². The second-order valence-electron chi connectivity index (χ2n) is 6.45. The maximum atomic E-state index is 11.7. The van der Waals surface area contributed by atoms with Crippen molar-refractivity contribution in [1.82, 2.24) is 14.5 Å². The van der Waals surface area contributed by atoms with Crippen molar-refractivity contribution in [2.45, 2.75) is 43.7 Å². The van der Waals surface area contributed by atoms with Crippen LogP contribution in [-0.2, 0) is 22.4 Å². The van der Waals surface area contributed by atoms with Gasteiger partial charge in [-0.3, -0.25) is 19.1 Å². The van der Waals surface area contributed by atoms with Crippen molar-refractivity contribution >= 4 is 23.6 Å². The summed E-state index contributed by atoms with van der Waals surface area (Å²) in [5, 5.41) is 0.970. The first-order chi connectivity index (χ1) is 12.2. The molecule has 25 heavy (non-hydrogen) atoms. The van der Waals surface area contributed by atoms with E-state index in [1.165, 1.54) is 29.1 Å². The second-order valence-corrected chi connectivity index (χ2v) is 7.52. The van der Waals surface area contributed by atoms with Gasteiger partial charge in [-0.2, -0.15) is 0 Å². The quantitative estimate of drug-likeness (QED) is 0.611. The van der Waals surface area contributed by atoms with Crippen LogP contribution in [0, 0.1) is 0 Å². The SMILES string of the molecule is O=C1CCC(=O)N1CCSc1nc2c(n1-c1ccccc1)CCCC2. The molecule has 1 aliphatic carbocycles. The molecule has 1 fully saturated rings. The Morgan fingerprint density at radius 3 is 2.44 bits per heavy atom. The highest BCUT2D eigenvalue weighted by Gasteiger charge is 2.28. The fourth-order valence-electron chi connectivity index (χ4n) is 3.56. The van der Waals surface area contributed by atoms with Crippen molar-refractivity contribution in [2.24, 2.45) is 0 Å². The zero-order valence-electron chi connectivity index (χ0n) is 14.1. The Morgan fingerprint density at radius 2 is 1.68 bits per heavy atom. The van der Waals surface area contributed by atoms with Gasteiger partial charge in [0.05, 0.1) is 5.69 Å². The number of imidazole rings is 1. The Hall–Kier alpha value is -2.08. The molecule has 1 saturated heterocycles. The van der Waals surface area contributed by atoms with Gasteiger partial charge in [-0.1, -0.05) is 30.0 Å². The molecule has 2 amide bonds. The summed E-state index contributed by atoms with van der Waals surface area (Å²) >= 11 is 1.63. The van der Waals surface area contributed by atoms with E-state index in [0.29, 0.717) is 25.1 Å². The number of carbonyl (C=O) groups excluding carboxylic acids is 2. The van der Waals surface area contributed by atoms with E-state index >= 15 is 0 Å². The molecule has 4 rings (SSSR count). The van der Waals surface area contributed by atoms with Crippen LogP contribution in [0.3, 0.4) is 0 Å². The second kappa shape index (κ2) is 7.04. The van der Waals surface area contributed by atoms with Gasteiger partial charge in [0.2, 0.25) is 11.8 Å². The number of amides is 2. The van der Waals surface area contributed by atoms with Crippen molar-refractivity contribution in [3.63, 3.8) is 0 Å². The van der Waals surface area contributed by atoms with Crippen molar-refractivity contribution in [3.05, 3.63) is 41.7 Å². The lowest BCUT2D eigenvalue weighted by Crippen LogP contribution is -2.31. The molecule has 0 N–H and O–H groups in total. The third-order valence-electron chi connectivity index (χ3n) is 4.82. The maximum absolute atomic E-state index is 11.7. The molecular weight excluding hydrogens is 334 g/mol. The first-order valence-electron chi connectivity index (χ1n) is 8.86. The summed E-state index contributed by atoms with van der Waals surface area (Å²) in [7, 11) is 0. The topological polar surface area (TPSA) is 55.2 Å². The zero-order valence-corrected chi connectivity index (χ0v) is 14.9. The Bertz CT molecular complexity index is 785. The molecule has 1 aromatic heterocycles. The van der Waals surface area contributed by atoms with Crippen molar-refractivity contribution in [3.8, 4) is 5.69 Å². The molecule has 0 spiro atoms. The van der Waals surface area contributed by atoms with Gasteiger partial charge in [-0.25, -0.2) is 4.98 Å². The minimum absolute atomic E-state index is 0.0451. The number of likely N-dealkylation sites (tertiary alicyclic amines) is 1. The minimum atomic E-state index is -0.0451. The molecule has 6 heteroatoms. The Kier molecular flexibility index (Phi) is 4.61. The van der Waals surface area contributed by atoms with Crippen LogP contribution in [0.5, 0.6) is 0 Å². The van der Waals surface area contributed by atoms with E-state index < -0.39 is 0 Å². The van der Waals surface area contributed by atoms with Gasteiger partial charge in [-0.15, -0.1) is 0 Å². The molecule has 0 atom stereocenters. The number of aromatic nitrogens is 2. The van der Waals surface area contributed by atoms with E-state index in [-0.39, 0.29) is 11.8 Å². The third-order valence-corrected chi connectivity index (χ3v) is 5.74. The summed E-state index contributed by atoms with van der Waals surface area (Å²) in [6.45, 7) is 0.467. The van der Waals surface area contributed by atoms with Gasteiger partial charge in [0.25, 0.3) is 0 Å². The average molecular weight is 355 g/mol. The van der Waals surface area contributed by atoms with Gasteiger partial charge in [0.15, 0.2) is 5.16 Å². The molecule has 2 heterocycles. The first kappa shape index (κ1) is 16.4.